The summed E-state index contributed by atoms with van der Waals surface area (Å²) in [6, 6.07) is 6.10. The van der Waals surface area contributed by atoms with E-state index in [2.05, 4.69) is 0 Å². The second-order valence-electron chi connectivity index (χ2n) is 5.45. The van der Waals surface area contributed by atoms with Crippen molar-refractivity contribution >= 4 is 5.91 Å². The fraction of sp³-hybridized carbons (Fsp3) is 0.533. The van der Waals surface area contributed by atoms with E-state index in [9.17, 15) is 4.79 Å². The van der Waals surface area contributed by atoms with Crippen molar-refractivity contribution < 1.29 is 19.0 Å². The van der Waals surface area contributed by atoms with Crippen LogP contribution in [0.5, 0.6) is 11.5 Å². The average molecular weight is 275 g/mol. The van der Waals surface area contributed by atoms with Gasteiger partial charge in [0.15, 0.2) is 11.5 Å². The van der Waals surface area contributed by atoms with E-state index in [1.165, 1.54) is 0 Å². The Hall–Kier alpha value is -1.75. The number of amides is 1. The molecule has 3 heterocycles. The minimum Gasteiger partial charge on any atom is -0.454 e. The van der Waals surface area contributed by atoms with E-state index < -0.39 is 0 Å². The lowest BCUT2D eigenvalue weighted by atomic mass is 10.0. The van der Waals surface area contributed by atoms with E-state index in [1.807, 2.05) is 23.1 Å². The third kappa shape index (κ3) is 1.85. The molecule has 2 fully saturated rings. The van der Waals surface area contributed by atoms with Gasteiger partial charge in [-0.1, -0.05) is 6.07 Å². The molecule has 0 unspecified atom stereocenters. The Balaban J connectivity index is 1.58. The maximum Gasteiger partial charge on any atom is 0.252 e. The van der Waals surface area contributed by atoms with Crippen molar-refractivity contribution in [3.63, 3.8) is 0 Å². The van der Waals surface area contributed by atoms with Crippen molar-refractivity contribution in [3.05, 3.63) is 23.8 Å². The molecule has 0 aliphatic carbocycles. The van der Waals surface area contributed by atoms with Crippen LogP contribution in [0.15, 0.2) is 18.2 Å². The van der Waals surface area contributed by atoms with Crippen LogP contribution < -0.4 is 9.47 Å². The third-order valence-electron chi connectivity index (χ3n) is 4.29. The molecule has 1 aromatic rings. The van der Waals surface area contributed by atoms with Crippen LogP contribution >= 0.6 is 0 Å². The molecular weight excluding hydrogens is 258 g/mol. The van der Waals surface area contributed by atoms with E-state index >= 15 is 0 Å². The SMILES string of the molecule is O=C([C@H]1CCO1)N1CCC[C@@H]1c1ccc2c(c1)OCO2. The molecule has 0 spiro atoms. The fourth-order valence-corrected chi connectivity index (χ4v) is 3.11. The summed E-state index contributed by atoms with van der Waals surface area (Å²) < 4.78 is 16.1. The molecule has 2 saturated heterocycles. The number of ether oxygens (including phenoxy) is 3. The highest BCUT2D eigenvalue weighted by Gasteiger charge is 2.37. The van der Waals surface area contributed by atoms with Gasteiger partial charge >= 0.3 is 0 Å². The normalized spacial score (nSPS) is 27.5. The predicted molar refractivity (Wildman–Crippen MR) is 70.6 cm³/mol. The Labute approximate surface area is 117 Å². The Morgan fingerprint density at radius 3 is 2.85 bits per heavy atom. The Kier molecular flexibility index (Phi) is 2.80. The zero-order valence-electron chi connectivity index (χ0n) is 11.2. The number of hydrogen-bond acceptors (Lipinski definition) is 4. The first kappa shape index (κ1) is 12.0. The number of benzene rings is 1. The standard InChI is InChI=1S/C15H17NO4/c17-15(13-5-7-18-13)16-6-1-2-11(16)10-3-4-12-14(8-10)20-9-19-12/h3-4,8,11,13H,1-2,5-7,9H2/t11-,13-/m1/s1. The van der Waals surface area contributed by atoms with Crippen molar-refractivity contribution in [2.45, 2.75) is 31.4 Å². The number of likely N-dealkylation sites (tertiary alicyclic amines) is 1. The van der Waals surface area contributed by atoms with Gasteiger partial charge in [-0.15, -0.1) is 0 Å². The minimum absolute atomic E-state index is 0.136. The number of rotatable bonds is 2. The molecule has 1 amide bonds. The molecule has 3 aliphatic rings. The van der Waals surface area contributed by atoms with Crippen molar-refractivity contribution in [1.29, 1.82) is 0 Å². The minimum atomic E-state index is -0.218. The Morgan fingerprint density at radius 1 is 1.20 bits per heavy atom. The smallest absolute Gasteiger partial charge is 0.252 e. The Bertz CT molecular complexity index is 541. The summed E-state index contributed by atoms with van der Waals surface area (Å²) in [5.41, 5.74) is 1.12. The number of carbonyl (C=O) groups excluding carboxylic acids is 1. The van der Waals surface area contributed by atoms with E-state index in [1.54, 1.807) is 0 Å². The van der Waals surface area contributed by atoms with Gasteiger partial charge < -0.3 is 19.1 Å². The largest absolute Gasteiger partial charge is 0.454 e. The monoisotopic (exact) mass is 275 g/mol. The van der Waals surface area contributed by atoms with Crippen LogP contribution in [0.1, 0.15) is 30.9 Å². The average Bonchev–Trinajstić information content (AvgIpc) is 3.04. The van der Waals surface area contributed by atoms with Gasteiger partial charge in [-0.2, -0.15) is 0 Å². The summed E-state index contributed by atoms with van der Waals surface area (Å²) in [6.45, 7) is 1.80. The summed E-state index contributed by atoms with van der Waals surface area (Å²) in [5.74, 6) is 1.70. The molecule has 106 valence electrons. The van der Waals surface area contributed by atoms with Crippen LogP contribution in [-0.2, 0) is 9.53 Å². The van der Waals surface area contributed by atoms with Crippen molar-refractivity contribution in [1.82, 2.24) is 4.90 Å². The maximum atomic E-state index is 12.4. The molecule has 0 aromatic heterocycles. The molecule has 4 rings (SSSR count). The molecular formula is C15H17NO4. The van der Waals surface area contributed by atoms with Gasteiger partial charge in [-0.05, 0) is 30.5 Å². The molecule has 0 N–H and O–H groups in total. The highest BCUT2D eigenvalue weighted by Crippen LogP contribution is 2.39. The van der Waals surface area contributed by atoms with Crippen LogP contribution in [0.3, 0.4) is 0 Å². The molecule has 0 saturated carbocycles. The van der Waals surface area contributed by atoms with Crippen LogP contribution in [0, 0.1) is 0 Å². The van der Waals surface area contributed by atoms with E-state index in [-0.39, 0.29) is 24.8 Å². The second kappa shape index (κ2) is 4.66. The van der Waals surface area contributed by atoms with Gasteiger partial charge in [0.25, 0.3) is 5.91 Å². The summed E-state index contributed by atoms with van der Waals surface area (Å²) in [6.07, 6.45) is 2.67. The fourth-order valence-electron chi connectivity index (χ4n) is 3.11. The first-order valence-electron chi connectivity index (χ1n) is 7.14. The predicted octanol–water partition coefficient (Wildman–Crippen LogP) is 1.87. The van der Waals surface area contributed by atoms with Crippen LogP contribution in [0.4, 0.5) is 0 Å². The van der Waals surface area contributed by atoms with Gasteiger partial charge in [-0.25, -0.2) is 0 Å². The molecule has 0 radical (unpaired) electrons. The summed E-state index contributed by atoms with van der Waals surface area (Å²) >= 11 is 0. The van der Waals surface area contributed by atoms with Gasteiger partial charge in [0.05, 0.1) is 12.6 Å². The molecule has 5 nitrogen and oxygen atoms in total. The molecule has 0 bridgehead atoms. The zero-order valence-corrected chi connectivity index (χ0v) is 11.2. The Morgan fingerprint density at radius 2 is 2.05 bits per heavy atom. The molecule has 3 aliphatic heterocycles. The lowest BCUT2D eigenvalue weighted by molar-refractivity contribution is -0.157. The summed E-state index contributed by atoms with van der Waals surface area (Å²) in [4.78, 5) is 14.3. The lowest BCUT2D eigenvalue weighted by Gasteiger charge is -2.33. The van der Waals surface area contributed by atoms with Gasteiger partial charge in [-0.3, -0.25) is 4.79 Å². The van der Waals surface area contributed by atoms with Crippen LogP contribution in [0.2, 0.25) is 0 Å². The highest BCUT2D eigenvalue weighted by atomic mass is 16.7. The van der Waals surface area contributed by atoms with Gasteiger partial charge in [0.2, 0.25) is 6.79 Å². The number of fused-ring (bicyclic) bond motifs is 1. The number of hydrogen-bond donors (Lipinski definition) is 0. The summed E-state index contributed by atoms with van der Waals surface area (Å²) in [7, 11) is 0. The molecule has 2 atom stereocenters. The number of nitrogens with zero attached hydrogens (tertiary/aromatic N) is 1. The van der Waals surface area contributed by atoms with E-state index in [0.717, 1.165) is 42.9 Å². The van der Waals surface area contributed by atoms with E-state index in [0.29, 0.717) is 6.61 Å². The molecule has 20 heavy (non-hydrogen) atoms. The van der Waals surface area contributed by atoms with Gasteiger partial charge in [0, 0.05) is 13.0 Å². The maximum absolute atomic E-state index is 12.4. The van der Waals surface area contributed by atoms with E-state index in [4.69, 9.17) is 14.2 Å². The third-order valence-corrected chi connectivity index (χ3v) is 4.29. The first-order chi connectivity index (χ1) is 9.83. The number of carbonyl (C=O) groups is 1. The van der Waals surface area contributed by atoms with Crippen molar-refractivity contribution in [2.75, 3.05) is 19.9 Å². The zero-order chi connectivity index (χ0) is 13.5. The lowest BCUT2D eigenvalue weighted by Crippen LogP contribution is -2.45. The van der Waals surface area contributed by atoms with Crippen LogP contribution in [0.25, 0.3) is 0 Å². The second-order valence-corrected chi connectivity index (χ2v) is 5.45. The first-order valence-corrected chi connectivity index (χ1v) is 7.14. The molecule has 5 heteroatoms. The highest BCUT2D eigenvalue weighted by molar-refractivity contribution is 5.82. The summed E-state index contributed by atoms with van der Waals surface area (Å²) in [5, 5.41) is 0. The van der Waals surface area contributed by atoms with Crippen molar-refractivity contribution in [3.8, 4) is 11.5 Å². The van der Waals surface area contributed by atoms with Gasteiger partial charge in [0.1, 0.15) is 6.10 Å². The topological polar surface area (TPSA) is 48.0 Å². The molecule has 1 aromatic carbocycles. The van der Waals surface area contributed by atoms with Crippen molar-refractivity contribution in [2.24, 2.45) is 0 Å². The quantitative estimate of drug-likeness (QED) is 0.826. The van der Waals surface area contributed by atoms with Crippen LogP contribution in [-0.4, -0.2) is 36.9 Å².